The minimum atomic E-state index is -0.440. The lowest BCUT2D eigenvalue weighted by Gasteiger charge is -2.20. The topological polar surface area (TPSA) is 69.0 Å². The summed E-state index contributed by atoms with van der Waals surface area (Å²) in [5.74, 6) is -0.0919. The van der Waals surface area contributed by atoms with Gasteiger partial charge in [0.25, 0.3) is 5.91 Å². The van der Waals surface area contributed by atoms with Crippen molar-refractivity contribution in [2.75, 3.05) is 5.32 Å². The maximum atomic E-state index is 12.4. The van der Waals surface area contributed by atoms with Gasteiger partial charge in [0.15, 0.2) is 0 Å². The molecule has 0 bridgehead atoms. The van der Waals surface area contributed by atoms with Gasteiger partial charge in [-0.25, -0.2) is 0 Å². The molecule has 3 rings (SSSR count). The molecule has 1 amide bonds. The molecule has 1 aromatic heterocycles. The Morgan fingerprint density at radius 2 is 1.96 bits per heavy atom. The fourth-order valence-corrected chi connectivity index (χ4v) is 3.23. The molecule has 1 atom stereocenters. The molecule has 1 N–H and O–H groups in total. The zero-order valence-corrected chi connectivity index (χ0v) is 14.7. The predicted octanol–water partition coefficient (Wildman–Crippen LogP) is 3.39. The van der Waals surface area contributed by atoms with Gasteiger partial charge < -0.3 is 14.6 Å². The molecule has 1 aliphatic rings. The normalized spacial score (nSPS) is 17.0. The van der Waals surface area contributed by atoms with E-state index in [2.05, 4.69) is 15.5 Å². The Morgan fingerprint density at radius 3 is 2.68 bits per heavy atom. The van der Waals surface area contributed by atoms with Crippen LogP contribution in [0.2, 0.25) is 0 Å². The number of ether oxygens (including phenoxy) is 1. The van der Waals surface area contributed by atoms with E-state index in [-0.39, 0.29) is 12.0 Å². The molecule has 134 valence electrons. The number of amides is 1. The first-order chi connectivity index (χ1) is 12.2. The Kier molecular flexibility index (Phi) is 6.17. The van der Waals surface area contributed by atoms with Crippen LogP contribution in [0.15, 0.2) is 36.9 Å². The van der Waals surface area contributed by atoms with E-state index in [1.807, 2.05) is 35.8 Å². The first kappa shape index (κ1) is 17.6. The molecule has 25 heavy (non-hydrogen) atoms. The molecule has 0 aliphatic heterocycles. The molecule has 6 heteroatoms. The summed E-state index contributed by atoms with van der Waals surface area (Å²) in [7, 11) is 0. The Bertz CT molecular complexity index is 664. The largest absolute Gasteiger partial charge is 0.365 e. The summed E-state index contributed by atoms with van der Waals surface area (Å²) in [4.78, 5) is 12.4. The average Bonchev–Trinajstić information content (AvgIpc) is 2.97. The van der Waals surface area contributed by atoms with Gasteiger partial charge in [-0.15, -0.1) is 10.2 Å². The highest BCUT2D eigenvalue weighted by atomic mass is 16.5. The van der Waals surface area contributed by atoms with Crippen LogP contribution in [0.3, 0.4) is 0 Å². The Hall–Kier alpha value is -2.21. The average molecular weight is 342 g/mol. The first-order valence-corrected chi connectivity index (χ1v) is 9.08. The third-order valence-electron chi connectivity index (χ3n) is 4.59. The smallest absolute Gasteiger partial charge is 0.253 e. The van der Waals surface area contributed by atoms with Gasteiger partial charge in [0, 0.05) is 5.69 Å². The molecule has 0 saturated heterocycles. The molecule has 1 saturated carbocycles. The van der Waals surface area contributed by atoms with Gasteiger partial charge in [-0.1, -0.05) is 37.8 Å². The summed E-state index contributed by atoms with van der Waals surface area (Å²) in [5.41, 5.74) is 1.86. The van der Waals surface area contributed by atoms with Crippen molar-refractivity contribution in [2.24, 2.45) is 0 Å². The molecular formula is C19H26N4O2. The SMILES string of the molecule is C[C@H](OC1CCCCCC1)C(=O)Nc1cccc(Cn2cnnc2)c1. The maximum absolute atomic E-state index is 12.4. The molecule has 6 nitrogen and oxygen atoms in total. The summed E-state index contributed by atoms with van der Waals surface area (Å²) in [5, 5.41) is 10.6. The standard InChI is InChI=1S/C19H26N4O2/c1-15(25-18-9-4-2-3-5-10-18)19(24)22-17-8-6-7-16(11-17)12-23-13-20-21-14-23/h6-8,11,13-15,18H,2-5,9-10,12H2,1H3,(H,22,24)/t15-/m0/s1. The van der Waals surface area contributed by atoms with Crippen LogP contribution in [0.25, 0.3) is 0 Å². The van der Waals surface area contributed by atoms with Crippen LogP contribution >= 0.6 is 0 Å². The number of nitrogens with one attached hydrogen (secondary N) is 1. The fourth-order valence-electron chi connectivity index (χ4n) is 3.23. The number of hydrogen-bond donors (Lipinski definition) is 1. The van der Waals surface area contributed by atoms with E-state index in [1.54, 1.807) is 12.7 Å². The number of carbonyl (C=O) groups excluding carboxylic acids is 1. The molecule has 1 aromatic carbocycles. The van der Waals surface area contributed by atoms with Crippen molar-refractivity contribution < 1.29 is 9.53 Å². The number of carbonyl (C=O) groups is 1. The first-order valence-electron chi connectivity index (χ1n) is 9.08. The van der Waals surface area contributed by atoms with E-state index in [0.29, 0.717) is 6.54 Å². The molecule has 2 aromatic rings. The van der Waals surface area contributed by atoms with Crippen molar-refractivity contribution in [3.8, 4) is 0 Å². The molecule has 0 unspecified atom stereocenters. The van der Waals surface area contributed by atoms with Crippen molar-refractivity contribution in [1.29, 1.82) is 0 Å². The van der Waals surface area contributed by atoms with E-state index >= 15 is 0 Å². The van der Waals surface area contributed by atoms with Crippen molar-refractivity contribution >= 4 is 11.6 Å². The quantitative estimate of drug-likeness (QED) is 0.817. The molecule has 0 spiro atoms. The Balaban J connectivity index is 1.54. The van der Waals surface area contributed by atoms with Gasteiger partial charge in [-0.2, -0.15) is 0 Å². The lowest BCUT2D eigenvalue weighted by atomic mass is 10.1. The van der Waals surface area contributed by atoms with Gasteiger partial charge >= 0.3 is 0 Å². The summed E-state index contributed by atoms with van der Waals surface area (Å²) < 4.78 is 7.88. The zero-order chi connectivity index (χ0) is 17.5. The molecule has 1 aliphatic carbocycles. The van der Waals surface area contributed by atoms with Crippen LogP contribution < -0.4 is 5.32 Å². The van der Waals surface area contributed by atoms with Gasteiger partial charge in [0.2, 0.25) is 0 Å². The number of nitrogens with zero attached hydrogens (tertiary/aromatic N) is 3. The lowest BCUT2D eigenvalue weighted by Crippen LogP contribution is -2.31. The van der Waals surface area contributed by atoms with E-state index in [0.717, 1.165) is 24.1 Å². The minimum Gasteiger partial charge on any atom is -0.365 e. The molecule has 0 radical (unpaired) electrons. The second-order valence-corrected chi connectivity index (χ2v) is 6.72. The minimum absolute atomic E-state index is 0.0919. The summed E-state index contributed by atoms with van der Waals surface area (Å²) >= 11 is 0. The van der Waals surface area contributed by atoms with Crippen LogP contribution in [-0.4, -0.2) is 32.9 Å². The third-order valence-corrected chi connectivity index (χ3v) is 4.59. The number of hydrogen-bond acceptors (Lipinski definition) is 4. The summed E-state index contributed by atoms with van der Waals surface area (Å²) in [6, 6.07) is 7.81. The van der Waals surface area contributed by atoms with Crippen LogP contribution in [0.1, 0.15) is 51.0 Å². The number of anilines is 1. The Labute approximate surface area is 148 Å². The third kappa shape index (κ3) is 5.39. The summed E-state index contributed by atoms with van der Waals surface area (Å²) in [6.07, 6.45) is 10.2. The van der Waals surface area contributed by atoms with Gasteiger partial charge in [0.05, 0.1) is 12.6 Å². The highest BCUT2D eigenvalue weighted by Gasteiger charge is 2.20. The van der Waals surface area contributed by atoms with Gasteiger partial charge in [-0.3, -0.25) is 4.79 Å². The van der Waals surface area contributed by atoms with E-state index < -0.39 is 6.10 Å². The van der Waals surface area contributed by atoms with E-state index in [1.165, 1.54) is 25.7 Å². The second-order valence-electron chi connectivity index (χ2n) is 6.72. The number of rotatable bonds is 6. The van der Waals surface area contributed by atoms with Crippen LogP contribution in [-0.2, 0) is 16.1 Å². The maximum Gasteiger partial charge on any atom is 0.253 e. The van der Waals surface area contributed by atoms with E-state index in [4.69, 9.17) is 4.74 Å². The van der Waals surface area contributed by atoms with Crippen LogP contribution in [0.4, 0.5) is 5.69 Å². The number of aromatic nitrogens is 3. The van der Waals surface area contributed by atoms with Gasteiger partial charge in [0.1, 0.15) is 18.8 Å². The van der Waals surface area contributed by atoms with Crippen molar-refractivity contribution in [3.63, 3.8) is 0 Å². The van der Waals surface area contributed by atoms with Crippen molar-refractivity contribution in [2.45, 2.75) is 64.2 Å². The fraction of sp³-hybridized carbons (Fsp3) is 0.526. The Morgan fingerprint density at radius 1 is 1.24 bits per heavy atom. The molecular weight excluding hydrogens is 316 g/mol. The number of benzene rings is 1. The van der Waals surface area contributed by atoms with Gasteiger partial charge in [-0.05, 0) is 37.5 Å². The predicted molar refractivity (Wildman–Crippen MR) is 96.2 cm³/mol. The summed E-state index contributed by atoms with van der Waals surface area (Å²) in [6.45, 7) is 2.51. The molecule has 1 fully saturated rings. The lowest BCUT2D eigenvalue weighted by molar-refractivity contribution is -0.130. The highest BCUT2D eigenvalue weighted by Crippen LogP contribution is 2.21. The van der Waals surface area contributed by atoms with Crippen molar-refractivity contribution in [1.82, 2.24) is 14.8 Å². The second kappa shape index (κ2) is 8.76. The van der Waals surface area contributed by atoms with Crippen LogP contribution in [0.5, 0.6) is 0 Å². The van der Waals surface area contributed by atoms with Crippen molar-refractivity contribution in [3.05, 3.63) is 42.5 Å². The monoisotopic (exact) mass is 342 g/mol. The molecule has 1 heterocycles. The highest BCUT2D eigenvalue weighted by molar-refractivity contribution is 5.93. The zero-order valence-electron chi connectivity index (χ0n) is 14.7. The van der Waals surface area contributed by atoms with E-state index in [9.17, 15) is 4.79 Å². The van der Waals surface area contributed by atoms with Crippen LogP contribution in [0, 0.1) is 0 Å².